The highest BCUT2D eigenvalue weighted by Gasteiger charge is 2.30. The molecule has 2 amide bonds. The van der Waals surface area contributed by atoms with Gasteiger partial charge < -0.3 is 19.7 Å². The van der Waals surface area contributed by atoms with Crippen LogP contribution in [0.15, 0.2) is 0 Å². The molecule has 2 unspecified atom stereocenters. The summed E-state index contributed by atoms with van der Waals surface area (Å²) in [7, 11) is 0. The number of piperidine rings is 1. The Bertz CT molecular complexity index is 399. The van der Waals surface area contributed by atoms with Crippen molar-refractivity contribution in [2.45, 2.75) is 64.9 Å². The molecule has 22 heavy (non-hydrogen) atoms. The molecular weight excluding hydrogens is 298 g/mol. The predicted octanol–water partition coefficient (Wildman–Crippen LogP) is 2.13. The van der Waals surface area contributed by atoms with E-state index in [2.05, 4.69) is 10.1 Å². The fourth-order valence-corrected chi connectivity index (χ4v) is 2.21. The molecule has 0 aromatic rings. The normalized spacial score (nSPS) is 20.7. The van der Waals surface area contributed by atoms with Gasteiger partial charge in [-0.3, -0.25) is 4.79 Å². The number of halogens is 2. The molecule has 1 N–H and O–H groups in total. The Morgan fingerprint density at radius 3 is 2.50 bits per heavy atom. The number of nitrogens with one attached hydrogen (secondary N) is 1. The van der Waals surface area contributed by atoms with Crippen molar-refractivity contribution < 1.29 is 27.8 Å². The van der Waals surface area contributed by atoms with Gasteiger partial charge in [-0.1, -0.05) is 0 Å². The first-order valence-electron chi connectivity index (χ1n) is 7.30. The van der Waals surface area contributed by atoms with Crippen molar-refractivity contribution in [3.8, 4) is 0 Å². The van der Waals surface area contributed by atoms with E-state index in [4.69, 9.17) is 4.74 Å². The number of ether oxygens (including phenoxy) is 2. The molecule has 128 valence electrons. The molecule has 2 atom stereocenters. The van der Waals surface area contributed by atoms with E-state index in [1.54, 1.807) is 20.8 Å². The molecule has 0 bridgehead atoms. The highest BCUT2D eigenvalue weighted by Crippen LogP contribution is 2.16. The number of alkyl halides is 2. The summed E-state index contributed by atoms with van der Waals surface area (Å²) in [4.78, 5) is 25.3. The summed E-state index contributed by atoms with van der Waals surface area (Å²) in [6.45, 7) is 4.40. The molecule has 8 heteroatoms. The van der Waals surface area contributed by atoms with E-state index in [1.807, 2.05) is 0 Å². The molecule has 1 aliphatic heterocycles. The van der Waals surface area contributed by atoms with E-state index >= 15 is 0 Å². The number of carbonyl (C=O) groups excluding carboxylic acids is 2. The minimum Gasteiger partial charge on any atom is -0.444 e. The maximum atomic E-state index is 12.2. The molecule has 0 aromatic heterocycles. The van der Waals surface area contributed by atoms with E-state index in [1.165, 1.54) is 11.8 Å². The first-order chi connectivity index (χ1) is 10.1. The fourth-order valence-electron chi connectivity index (χ4n) is 2.21. The summed E-state index contributed by atoms with van der Waals surface area (Å²) in [5.74, 6) is -0.339. The zero-order chi connectivity index (χ0) is 16.9. The average Bonchev–Trinajstić information content (AvgIpc) is 2.34. The molecule has 6 nitrogen and oxygen atoms in total. The first-order valence-corrected chi connectivity index (χ1v) is 7.30. The van der Waals surface area contributed by atoms with Crippen LogP contribution in [0.1, 0.15) is 40.5 Å². The van der Waals surface area contributed by atoms with Gasteiger partial charge in [-0.15, -0.1) is 0 Å². The number of rotatable bonds is 4. The highest BCUT2D eigenvalue weighted by atomic mass is 19.3. The summed E-state index contributed by atoms with van der Waals surface area (Å²) in [5.41, 5.74) is -0.659. The lowest BCUT2D eigenvalue weighted by molar-refractivity contribution is -0.177. The van der Waals surface area contributed by atoms with Gasteiger partial charge in [0.2, 0.25) is 5.91 Å². The molecule has 0 aromatic carbocycles. The second-order valence-electron chi connectivity index (χ2n) is 6.31. The third kappa shape index (κ3) is 6.55. The Labute approximate surface area is 129 Å². The quantitative estimate of drug-likeness (QED) is 0.861. The second-order valence-corrected chi connectivity index (χ2v) is 6.31. The zero-order valence-corrected chi connectivity index (χ0v) is 13.4. The Kier molecular flexibility index (Phi) is 6.52. The lowest BCUT2D eigenvalue weighted by Crippen LogP contribution is -2.52. The zero-order valence-electron chi connectivity index (χ0n) is 13.4. The van der Waals surface area contributed by atoms with Gasteiger partial charge in [-0.05, 0) is 40.5 Å². The fraction of sp³-hybridized carbons (Fsp3) is 0.857. The average molecular weight is 322 g/mol. The molecule has 1 saturated heterocycles. The summed E-state index contributed by atoms with van der Waals surface area (Å²) in [6, 6.07) is -0.792. The van der Waals surface area contributed by atoms with Gasteiger partial charge in [0, 0.05) is 13.1 Å². The van der Waals surface area contributed by atoms with E-state index in [0.29, 0.717) is 19.4 Å². The molecule has 0 aliphatic carbocycles. The Morgan fingerprint density at radius 1 is 1.32 bits per heavy atom. The van der Waals surface area contributed by atoms with Crippen LogP contribution >= 0.6 is 0 Å². The number of alkyl carbamates (subject to hydrolysis) is 1. The number of nitrogens with zero attached hydrogens (tertiary/aromatic N) is 1. The largest absolute Gasteiger partial charge is 0.444 e. The molecule has 0 spiro atoms. The van der Waals surface area contributed by atoms with E-state index < -0.39 is 30.5 Å². The second kappa shape index (κ2) is 7.71. The van der Waals surface area contributed by atoms with Crippen molar-refractivity contribution in [3.05, 3.63) is 0 Å². The first kappa shape index (κ1) is 18.6. The summed E-state index contributed by atoms with van der Waals surface area (Å²) < 4.78 is 34.0. The van der Waals surface area contributed by atoms with Crippen LogP contribution < -0.4 is 5.32 Å². The summed E-state index contributed by atoms with van der Waals surface area (Å²) in [6.07, 6.45) is -0.290. The van der Waals surface area contributed by atoms with Crippen LogP contribution in [-0.4, -0.2) is 54.3 Å². The highest BCUT2D eigenvalue weighted by molar-refractivity contribution is 5.85. The Balaban J connectivity index is 2.50. The molecule has 0 saturated carbocycles. The topological polar surface area (TPSA) is 67.9 Å². The monoisotopic (exact) mass is 322 g/mol. The van der Waals surface area contributed by atoms with E-state index in [0.717, 1.165) is 0 Å². The molecular formula is C14H24F2N2O4. The van der Waals surface area contributed by atoms with Crippen molar-refractivity contribution in [2.24, 2.45) is 0 Å². The number of likely N-dealkylation sites (tertiary alicyclic amines) is 1. The number of hydrogen-bond donors (Lipinski definition) is 1. The Hall–Kier alpha value is -1.44. The minimum absolute atomic E-state index is 0.101. The van der Waals surface area contributed by atoms with Crippen molar-refractivity contribution in [1.82, 2.24) is 10.2 Å². The Morgan fingerprint density at radius 2 is 1.95 bits per heavy atom. The van der Waals surface area contributed by atoms with Gasteiger partial charge in [0.25, 0.3) is 0 Å². The van der Waals surface area contributed by atoms with Crippen molar-refractivity contribution in [2.75, 3.05) is 13.1 Å². The van der Waals surface area contributed by atoms with Crippen molar-refractivity contribution in [1.29, 1.82) is 0 Å². The third-order valence-electron chi connectivity index (χ3n) is 3.09. The molecule has 1 fully saturated rings. The van der Waals surface area contributed by atoms with E-state index in [9.17, 15) is 18.4 Å². The third-order valence-corrected chi connectivity index (χ3v) is 3.09. The van der Waals surface area contributed by atoms with Crippen LogP contribution in [0.3, 0.4) is 0 Å². The van der Waals surface area contributed by atoms with Crippen LogP contribution in [0.25, 0.3) is 0 Å². The molecule has 1 aliphatic rings. The summed E-state index contributed by atoms with van der Waals surface area (Å²) >= 11 is 0. The van der Waals surface area contributed by atoms with Gasteiger partial charge in [0.15, 0.2) is 0 Å². The van der Waals surface area contributed by atoms with Gasteiger partial charge in [-0.2, -0.15) is 8.78 Å². The predicted molar refractivity (Wildman–Crippen MR) is 75.5 cm³/mol. The standard InChI is InChI=1S/C14H24F2N2O4/c1-9(17-13(20)22-14(2,3)4)11(19)18-7-5-6-10(8-18)21-12(15)16/h9-10,12H,5-8H2,1-4H3,(H,17,20). The number of hydrogen-bond acceptors (Lipinski definition) is 4. The van der Waals surface area contributed by atoms with Crippen LogP contribution in [0.4, 0.5) is 13.6 Å². The van der Waals surface area contributed by atoms with E-state index in [-0.39, 0.29) is 12.5 Å². The molecule has 0 radical (unpaired) electrons. The van der Waals surface area contributed by atoms with Crippen LogP contribution in [-0.2, 0) is 14.3 Å². The van der Waals surface area contributed by atoms with Gasteiger partial charge in [-0.25, -0.2) is 4.79 Å². The lowest BCUT2D eigenvalue weighted by atomic mass is 10.1. The van der Waals surface area contributed by atoms with Crippen LogP contribution in [0.5, 0.6) is 0 Å². The van der Waals surface area contributed by atoms with Crippen molar-refractivity contribution in [3.63, 3.8) is 0 Å². The lowest BCUT2D eigenvalue weighted by Gasteiger charge is -2.34. The smallest absolute Gasteiger partial charge is 0.408 e. The number of amides is 2. The maximum absolute atomic E-state index is 12.2. The molecule has 1 heterocycles. The van der Waals surface area contributed by atoms with Gasteiger partial charge >= 0.3 is 12.7 Å². The van der Waals surface area contributed by atoms with Gasteiger partial charge in [0.05, 0.1) is 6.10 Å². The van der Waals surface area contributed by atoms with Crippen molar-refractivity contribution >= 4 is 12.0 Å². The van der Waals surface area contributed by atoms with Crippen LogP contribution in [0.2, 0.25) is 0 Å². The minimum atomic E-state index is -2.85. The number of carbonyl (C=O) groups is 2. The molecule has 1 rings (SSSR count). The van der Waals surface area contributed by atoms with Gasteiger partial charge in [0.1, 0.15) is 11.6 Å². The van der Waals surface area contributed by atoms with Crippen LogP contribution in [0, 0.1) is 0 Å². The SMILES string of the molecule is CC(NC(=O)OC(C)(C)C)C(=O)N1CCCC(OC(F)F)C1. The summed E-state index contributed by atoms with van der Waals surface area (Å²) in [5, 5.41) is 2.45. The maximum Gasteiger partial charge on any atom is 0.408 e.